The minimum Gasteiger partial charge on any atom is -0.510 e. The molecular weight excluding hydrogens is 374 g/mol. The van der Waals surface area contributed by atoms with E-state index in [0.717, 1.165) is 12.3 Å². The number of ether oxygens (including phenoxy) is 1. The van der Waals surface area contributed by atoms with E-state index in [4.69, 9.17) is 4.74 Å². The van der Waals surface area contributed by atoms with Crippen LogP contribution in [0.4, 0.5) is 5.82 Å². The molecule has 3 aliphatic rings. The highest BCUT2D eigenvalue weighted by Crippen LogP contribution is 2.45. The highest BCUT2D eigenvalue weighted by atomic mass is 16.6. The summed E-state index contributed by atoms with van der Waals surface area (Å²) in [4.78, 5) is 13.2. The van der Waals surface area contributed by atoms with E-state index in [1.807, 2.05) is 0 Å². The van der Waals surface area contributed by atoms with Crippen molar-refractivity contribution in [1.82, 2.24) is 19.5 Å². The van der Waals surface area contributed by atoms with Crippen molar-refractivity contribution in [3.05, 3.63) is 24.0 Å². The monoisotopic (exact) mass is 401 g/mol. The third-order valence-electron chi connectivity index (χ3n) is 6.71. The second-order valence-corrected chi connectivity index (χ2v) is 8.79. The van der Waals surface area contributed by atoms with Crippen LogP contribution in [0.25, 0.3) is 11.2 Å². The molecule has 3 fully saturated rings. The second kappa shape index (κ2) is 6.93. The highest BCUT2D eigenvalue weighted by molar-refractivity contribution is 5.82. The molecule has 29 heavy (non-hydrogen) atoms. The molecule has 2 bridgehead atoms. The Kier molecular flexibility index (Phi) is 4.49. The first-order chi connectivity index (χ1) is 13.9. The van der Waals surface area contributed by atoms with Gasteiger partial charge in [-0.3, -0.25) is 4.57 Å². The number of fused-ring (bicyclic) bond motifs is 3. The summed E-state index contributed by atoms with van der Waals surface area (Å²) in [5, 5.41) is 34.7. The quantitative estimate of drug-likeness (QED) is 0.573. The van der Waals surface area contributed by atoms with Crippen LogP contribution in [-0.2, 0) is 4.74 Å². The molecule has 0 amide bonds. The van der Waals surface area contributed by atoms with E-state index in [1.165, 1.54) is 31.9 Å². The summed E-state index contributed by atoms with van der Waals surface area (Å²) in [5.41, 5.74) is 1.74. The third kappa shape index (κ3) is 2.99. The molecule has 3 unspecified atom stereocenters. The third-order valence-corrected chi connectivity index (χ3v) is 6.71. The van der Waals surface area contributed by atoms with Crippen LogP contribution in [0.1, 0.15) is 45.8 Å². The number of nitrogens with one attached hydrogen (secondary N) is 1. The smallest absolute Gasteiger partial charge is 0.167 e. The molecule has 0 spiro atoms. The van der Waals surface area contributed by atoms with Crippen molar-refractivity contribution in [1.29, 1.82) is 0 Å². The molecule has 4 N–H and O–H groups in total. The fourth-order valence-electron chi connectivity index (χ4n) is 5.14. The van der Waals surface area contributed by atoms with E-state index in [0.29, 0.717) is 34.5 Å². The lowest BCUT2D eigenvalue weighted by molar-refractivity contribution is -0.0345. The van der Waals surface area contributed by atoms with E-state index < -0.39 is 24.5 Å². The lowest BCUT2D eigenvalue weighted by Gasteiger charge is -2.23. The topological polar surface area (TPSA) is 126 Å². The fraction of sp³-hybridized carbons (Fsp3) is 0.650. The molecule has 2 aromatic rings. The largest absolute Gasteiger partial charge is 0.510 e. The first-order valence-corrected chi connectivity index (χ1v) is 10.3. The van der Waals surface area contributed by atoms with Crippen LogP contribution in [0.5, 0.6) is 0 Å². The van der Waals surface area contributed by atoms with Gasteiger partial charge in [0.1, 0.15) is 30.4 Å². The van der Waals surface area contributed by atoms with E-state index in [2.05, 4.69) is 20.3 Å². The Hall–Kier alpha value is -2.23. The summed E-state index contributed by atoms with van der Waals surface area (Å²) in [6.07, 6.45) is 3.67. The number of anilines is 1. The summed E-state index contributed by atoms with van der Waals surface area (Å²) in [7, 11) is 0. The number of aromatic nitrogens is 4. The van der Waals surface area contributed by atoms with Gasteiger partial charge < -0.3 is 25.4 Å². The number of imidazole rings is 1. The summed E-state index contributed by atoms with van der Waals surface area (Å²) >= 11 is 0. The van der Waals surface area contributed by atoms with Gasteiger partial charge in [-0.25, -0.2) is 15.0 Å². The highest BCUT2D eigenvalue weighted by Gasteiger charge is 2.46. The standard InChI is InChI=1S/C20H27N5O4/c1-9(2)14(26)17-15(27)16(28)20(29-17)25-8-23-13-18(21-7-22-19(13)25)24-12-6-10-3-4-11(12)5-10/h7-8,10-12,15-17,20,26-28H,3-6H2,1-2H3,(H,21,22,24)/t10?,11?,12?,15-,16+,17+,20+/m0/s1. The van der Waals surface area contributed by atoms with Gasteiger partial charge in [-0.05, 0) is 50.5 Å². The van der Waals surface area contributed by atoms with Gasteiger partial charge >= 0.3 is 0 Å². The molecule has 0 radical (unpaired) electrons. The van der Waals surface area contributed by atoms with Gasteiger partial charge in [0, 0.05) is 6.04 Å². The first kappa shape index (κ1) is 18.8. The van der Waals surface area contributed by atoms with E-state index in [1.54, 1.807) is 18.4 Å². The second-order valence-electron chi connectivity index (χ2n) is 8.79. The van der Waals surface area contributed by atoms with Gasteiger partial charge in [-0.15, -0.1) is 0 Å². The van der Waals surface area contributed by atoms with E-state index in [9.17, 15) is 15.3 Å². The van der Waals surface area contributed by atoms with Crippen molar-refractivity contribution in [2.75, 3.05) is 5.32 Å². The van der Waals surface area contributed by atoms with Crippen LogP contribution in [0, 0.1) is 11.8 Å². The summed E-state index contributed by atoms with van der Waals surface area (Å²) in [6.45, 7) is 3.44. The van der Waals surface area contributed by atoms with Crippen molar-refractivity contribution in [2.45, 2.75) is 70.1 Å². The number of allylic oxidation sites excluding steroid dienone is 1. The zero-order chi connectivity index (χ0) is 20.3. The van der Waals surface area contributed by atoms with E-state index in [-0.39, 0.29) is 5.76 Å². The predicted octanol–water partition coefficient (Wildman–Crippen LogP) is 1.90. The minimum atomic E-state index is -1.25. The van der Waals surface area contributed by atoms with Crippen LogP contribution in [0.15, 0.2) is 24.0 Å². The summed E-state index contributed by atoms with van der Waals surface area (Å²) in [5.74, 6) is 2.12. The lowest BCUT2D eigenvalue weighted by atomic mass is 9.95. The molecule has 2 aromatic heterocycles. The molecule has 1 saturated heterocycles. The number of aliphatic hydroxyl groups excluding tert-OH is 3. The maximum atomic E-state index is 10.5. The molecule has 0 aromatic carbocycles. The van der Waals surface area contributed by atoms with Crippen LogP contribution in [0.2, 0.25) is 0 Å². The fourth-order valence-corrected chi connectivity index (χ4v) is 5.14. The molecule has 2 saturated carbocycles. The minimum absolute atomic E-state index is 0.0725. The summed E-state index contributed by atoms with van der Waals surface area (Å²) in [6, 6.07) is 0.408. The van der Waals surface area contributed by atoms with E-state index >= 15 is 0 Å². The molecule has 9 heteroatoms. The van der Waals surface area contributed by atoms with Crippen molar-refractivity contribution < 1.29 is 20.1 Å². The number of hydrogen-bond acceptors (Lipinski definition) is 8. The number of nitrogens with zero attached hydrogens (tertiary/aromatic N) is 4. The van der Waals surface area contributed by atoms with Gasteiger partial charge in [0.25, 0.3) is 0 Å². The molecule has 9 nitrogen and oxygen atoms in total. The van der Waals surface area contributed by atoms with Crippen molar-refractivity contribution in [3.8, 4) is 0 Å². The van der Waals surface area contributed by atoms with Gasteiger partial charge in [-0.2, -0.15) is 0 Å². The Morgan fingerprint density at radius 1 is 1.14 bits per heavy atom. The Balaban J connectivity index is 1.44. The average Bonchev–Trinajstić information content (AvgIpc) is 3.47. The summed E-state index contributed by atoms with van der Waals surface area (Å²) < 4.78 is 7.40. The predicted molar refractivity (Wildman–Crippen MR) is 105 cm³/mol. The van der Waals surface area contributed by atoms with Crippen LogP contribution in [0.3, 0.4) is 0 Å². The Labute approximate surface area is 168 Å². The Morgan fingerprint density at radius 2 is 1.97 bits per heavy atom. The van der Waals surface area contributed by atoms with Gasteiger partial charge in [-0.1, -0.05) is 6.42 Å². The number of aliphatic hydroxyl groups is 3. The number of rotatable bonds is 4. The van der Waals surface area contributed by atoms with Crippen molar-refractivity contribution >= 4 is 17.0 Å². The van der Waals surface area contributed by atoms with Gasteiger partial charge in [0.15, 0.2) is 23.2 Å². The molecule has 156 valence electrons. The Bertz CT molecular complexity index is 955. The van der Waals surface area contributed by atoms with Crippen LogP contribution >= 0.6 is 0 Å². The van der Waals surface area contributed by atoms with Crippen LogP contribution < -0.4 is 5.32 Å². The van der Waals surface area contributed by atoms with Gasteiger partial charge in [0.05, 0.1) is 6.33 Å². The molecule has 1 aliphatic heterocycles. The van der Waals surface area contributed by atoms with Crippen LogP contribution in [-0.4, -0.2) is 59.2 Å². The maximum absolute atomic E-state index is 10.5. The maximum Gasteiger partial charge on any atom is 0.167 e. The van der Waals surface area contributed by atoms with Crippen molar-refractivity contribution in [3.63, 3.8) is 0 Å². The zero-order valence-corrected chi connectivity index (χ0v) is 16.6. The molecule has 2 aliphatic carbocycles. The average molecular weight is 401 g/mol. The normalized spacial score (nSPS) is 36.1. The van der Waals surface area contributed by atoms with Crippen molar-refractivity contribution in [2.24, 2.45) is 11.8 Å². The number of hydrogen-bond donors (Lipinski definition) is 4. The zero-order valence-electron chi connectivity index (χ0n) is 16.6. The van der Waals surface area contributed by atoms with Gasteiger partial charge in [0.2, 0.25) is 0 Å². The SMILES string of the molecule is CC(C)=C(O)[C@H]1O[C@@H](n2cnc3c(NC4CC5CCC4C5)ncnc32)[C@H](O)[C@@H]1O. The molecule has 3 heterocycles. The molecule has 7 atom stereocenters. The molecular formula is C20H27N5O4. The lowest BCUT2D eigenvalue weighted by Crippen LogP contribution is -2.32. The first-order valence-electron chi connectivity index (χ1n) is 10.3. The molecule has 5 rings (SSSR count). The Morgan fingerprint density at radius 3 is 2.66 bits per heavy atom.